The van der Waals surface area contributed by atoms with Gasteiger partial charge < -0.3 is 0 Å². The molecule has 2 N–H and O–H groups in total. The minimum Gasteiger partial charge on any atom is -0.284 e. The molecule has 0 saturated carbocycles. The Morgan fingerprint density at radius 2 is 1.21 bits per heavy atom. The van der Waals surface area contributed by atoms with Crippen molar-refractivity contribution >= 4 is 20.2 Å². The predicted octanol–water partition coefficient (Wildman–Crippen LogP) is 5.05. The average Bonchev–Trinajstić information content (AvgIpc) is 2.93. The fraction of sp³-hybridized carbons (Fsp3) is 0.0714. The van der Waals surface area contributed by atoms with E-state index < -0.39 is 25.0 Å². The lowest BCUT2D eigenvalue weighted by molar-refractivity contribution is 0.460. The van der Waals surface area contributed by atoms with Gasteiger partial charge in [0.1, 0.15) is 0 Å². The van der Waals surface area contributed by atoms with E-state index in [9.17, 15) is 21.4 Å². The first kappa shape index (κ1) is 25.7. The fourth-order valence-corrected chi connectivity index (χ4v) is 5.67. The summed E-state index contributed by atoms with van der Waals surface area (Å²) in [6.45, 7) is 0. The summed E-state index contributed by atoms with van der Waals surface area (Å²) in [5.74, 6) is -0.138. The van der Waals surface area contributed by atoms with E-state index in [1.807, 2.05) is 42.5 Å². The zero-order chi connectivity index (χ0) is 27.0. The molecule has 0 spiro atoms. The summed E-state index contributed by atoms with van der Waals surface area (Å²) >= 11 is 0. The standard InChI is InChI=1S/C28H22N2O6S2/c31-37(32,33)25-12-10-22(11-13-25)21-6-8-24(9-7-21)26-18-30-27(19-29-26)28(38(34,35)36)16-14-23(15-17-28)20-4-2-1-3-5-20/h1-19,23H,(H,31,32,33)(H,34,35,36). The lowest BCUT2D eigenvalue weighted by atomic mass is 9.89. The minimum absolute atomic E-state index is 0.0679. The van der Waals surface area contributed by atoms with Crippen LogP contribution in [0.3, 0.4) is 0 Å². The molecule has 1 aliphatic carbocycles. The van der Waals surface area contributed by atoms with Crippen LogP contribution in [0.25, 0.3) is 22.4 Å². The molecule has 8 nitrogen and oxygen atoms in total. The van der Waals surface area contributed by atoms with Crippen LogP contribution < -0.4 is 0 Å². The fourth-order valence-electron chi connectivity index (χ4n) is 4.32. The SMILES string of the molecule is O=S(=O)(O)c1ccc(-c2ccc(-c3cnc(C4(S(=O)(=O)O)C=CC(c5ccccc5)C=C4)cn3)cc2)cc1. The van der Waals surface area contributed by atoms with Crippen LogP contribution in [-0.2, 0) is 25.0 Å². The molecule has 0 aliphatic heterocycles. The molecule has 1 aromatic heterocycles. The zero-order valence-corrected chi connectivity index (χ0v) is 21.4. The van der Waals surface area contributed by atoms with Crippen molar-refractivity contribution in [2.75, 3.05) is 0 Å². The van der Waals surface area contributed by atoms with E-state index in [4.69, 9.17) is 4.55 Å². The first-order valence-corrected chi connectivity index (χ1v) is 14.4. The summed E-state index contributed by atoms with van der Waals surface area (Å²) in [4.78, 5) is 8.56. The maximum atomic E-state index is 12.5. The van der Waals surface area contributed by atoms with Gasteiger partial charge in [0.2, 0.25) is 0 Å². The Balaban J connectivity index is 1.40. The molecular weight excluding hydrogens is 524 g/mol. The second kappa shape index (κ2) is 9.73. The van der Waals surface area contributed by atoms with Crippen LogP contribution in [0.4, 0.5) is 0 Å². The lowest BCUT2D eigenvalue weighted by Gasteiger charge is -2.27. The molecule has 0 fully saturated rings. The predicted molar refractivity (Wildman–Crippen MR) is 143 cm³/mol. The molecule has 5 rings (SSSR count). The van der Waals surface area contributed by atoms with E-state index >= 15 is 0 Å². The molecule has 0 radical (unpaired) electrons. The highest BCUT2D eigenvalue weighted by Gasteiger charge is 2.43. The second-order valence-electron chi connectivity index (χ2n) is 8.79. The summed E-state index contributed by atoms with van der Waals surface area (Å²) in [6, 6.07) is 22.7. The van der Waals surface area contributed by atoms with Crippen molar-refractivity contribution < 1.29 is 25.9 Å². The Kier molecular flexibility index (Phi) is 6.58. The molecular formula is C28H22N2O6S2. The van der Waals surface area contributed by atoms with Crippen LogP contribution >= 0.6 is 0 Å². The van der Waals surface area contributed by atoms with Gasteiger partial charge in [-0.1, -0.05) is 91.0 Å². The molecule has 0 atom stereocenters. The Bertz CT molecular complexity index is 1720. The van der Waals surface area contributed by atoms with Crippen molar-refractivity contribution in [1.82, 2.24) is 9.97 Å². The van der Waals surface area contributed by atoms with Crippen molar-refractivity contribution in [2.45, 2.75) is 15.6 Å². The summed E-state index contributed by atoms with van der Waals surface area (Å²) in [5, 5.41) is 0. The molecule has 38 heavy (non-hydrogen) atoms. The van der Waals surface area contributed by atoms with E-state index in [1.54, 1.807) is 36.4 Å². The largest absolute Gasteiger partial charge is 0.294 e. The van der Waals surface area contributed by atoms with Crippen molar-refractivity contribution in [3.05, 3.63) is 127 Å². The van der Waals surface area contributed by atoms with Gasteiger partial charge in [0.05, 0.1) is 28.7 Å². The van der Waals surface area contributed by atoms with E-state index in [2.05, 4.69) is 9.97 Å². The highest BCUT2D eigenvalue weighted by atomic mass is 32.2. The number of benzene rings is 3. The van der Waals surface area contributed by atoms with Crippen LogP contribution in [0, 0.1) is 0 Å². The molecule has 1 heterocycles. The molecule has 0 unspecified atom stereocenters. The molecule has 0 saturated heterocycles. The Morgan fingerprint density at radius 3 is 1.71 bits per heavy atom. The first-order chi connectivity index (χ1) is 18.1. The van der Waals surface area contributed by atoms with Gasteiger partial charge in [-0.3, -0.25) is 19.1 Å². The molecule has 10 heteroatoms. The highest BCUT2D eigenvalue weighted by Crippen LogP contribution is 2.38. The second-order valence-corrected chi connectivity index (χ2v) is 11.8. The number of aromatic nitrogens is 2. The van der Waals surface area contributed by atoms with Gasteiger partial charge in [0.25, 0.3) is 20.2 Å². The van der Waals surface area contributed by atoms with E-state index in [1.165, 1.54) is 36.7 Å². The van der Waals surface area contributed by atoms with Crippen molar-refractivity contribution in [3.8, 4) is 22.4 Å². The molecule has 192 valence electrons. The number of rotatable bonds is 6. The third-order valence-electron chi connectivity index (χ3n) is 6.43. The maximum absolute atomic E-state index is 12.5. The van der Waals surface area contributed by atoms with Crippen LogP contribution in [0.15, 0.2) is 120 Å². The maximum Gasteiger partial charge on any atom is 0.294 e. The topological polar surface area (TPSA) is 135 Å². The Hall–Kier alpha value is -3.96. The Labute approximate surface area is 220 Å². The Morgan fingerprint density at radius 1 is 0.658 bits per heavy atom. The summed E-state index contributed by atoms with van der Waals surface area (Å²) in [6.07, 6.45) is 9.10. The van der Waals surface area contributed by atoms with Gasteiger partial charge in [-0.05, 0) is 28.8 Å². The van der Waals surface area contributed by atoms with E-state index in [0.717, 1.165) is 22.3 Å². The molecule has 0 bridgehead atoms. The normalized spacial score (nSPS) is 19.4. The third kappa shape index (κ3) is 4.94. The lowest BCUT2D eigenvalue weighted by Crippen LogP contribution is -2.34. The monoisotopic (exact) mass is 546 g/mol. The minimum atomic E-state index is -4.60. The first-order valence-electron chi connectivity index (χ1n) is 11.5. The average molecular weight is 547 g/mol. The third-order valence-corrected chi connectivity index (χ3v) is 8.63. The molecule has 0 amide bonds. The van der Waals surface area contributed by atoms with E-state index in [0.29, 0.717) is 5.69 Å². The zero-order valence-electron chi connectivity index (χ0n) is 19.8. The van der Waals surface area contributed by atoms with Crippen LogP contribution in [0.1, 0.15) is 17.2 Å². The molecule has 1 aliphatic rings. The molecule has 4 aromatic rings. The number of hydrogen-bond acceptors (Lipinski definition) is 6. The van der Waals surface area contributed by atoms with Crippen molar-refractivity contribution in [1.29, 1.82) is 0 Å². The molecule has 3 aromatic carbocycles. The van der Waals surface area contributed by atoms with Gasteiger partial charge in [-0.15, -0.1) is 0 Å². The summed E-state index contributed by atoms with van der Waals surface area (Å²) in [7, 11) is -8.86. The highest BCUT2D eigenvalue weighted by molar-refractivity contribution is 7.87. The quantitative estimate of drug-likeness (QED) is 0.253. The van der Waals surface area contributed by atoms with Crippen molar-refractivity contribution in [3.63, 3.8) is 0 Å². The number of allylic oxidation sites excluding steroid dienone is 2. The van der Waals surface area contributed by atoms with Crippen LogP contribution in [0.5, 0.6) is 0 Å². The van der Waals surface area contributed by atoms with Gasteiger partial charge in [-0.2, -0.15) is 16.8 Å². The van der Waals surface area contributed by atoms with Gasteiger partial charge >= 0.3 is 0 Å². The van der Waals surface area contributed by atoms with E-state index in [-0.39, 0.29) is 16.5 Å². The van der Waals surface area contributed by atoms with Gasteiger partial charge in [-0.25, -0.2) is 0 Å². The number of nitrogens with zero attached hydrogens (tertiary/aromatic N) is 2. The van der Waals surface area contributed by atoms with Crippen LogP contribution in [0.2, 0.25) is 0 Å². The number of hydrogen-bond donors (Lipinski definition) is 2. The van der Waals surface area contributed by atoms with Gasteiger partial charge in [0.15, 0.2) is 4.75 Å². The van der Waals surface area contributed by atoms with Gasteiger partial charge in [0, 0.05) is 11.5 Å². The van der Waals surface area contributed by atoms with Crippen molar-refractivity contribution in [2.24, 2.45) is 0 Å². The summed E-state index contributed by atoms with van der Waals surface area (Å²) < 4.78 is 64.9. The smallest absolute Gasteiger partial charge is 0.284 e. The van der Waals surface area contributed by atoms with Crippen LogP contribution in [-0.4, -0.2) is 35.9 Å². The summed E-state index contributed by atoms with van der Waals surface area (Å²) in [5.41, 5.74) is 3.85.